The van der Waals surface area contributed by atoms with Gasteiger partial charge in [-0.05, 0) is 17.7 Å². The van der Waals surface area contributed by atoms with E-state index in [1.165, 1.54) is 13.1 Å². The third-order valence-electron chi connectivity index (χ3n) is 2.67. The van der Waals surface area contributed by atoms with Crippen molar-refractivity contribution >= 4 is 6.21 Å². The van der Waals surface area contributed by atoms with E-state index in [0.29, 0.717) is 0 Å². The Kier molecular flexibility index (Phi) is 3.29. The number of hydrogen-bond donors (Lipinski definition) is 1. The molecule has 1 fully saturated rings. The third-order valence-corrected chi connectivity index (χ3v) is 2.67. The number of hydrazone groups is 1. The number of nitrogens with one attached hydrogen (secondary N) is 1. The lowest BCUT2D eigenvalue weighted by Crippen LogP contribution is -3.11. The largest absolute Gasteiger partial charge is 0.334 e. The summed E-state index contributed by atoms with van der Waals surface area (Å²) in [5.74, 6) is 0. The molecule has 1 saturated heterocycles. The number of nitrogens with zero attached hydrogens (tertiary/aromatic N) is 3. The van der Waals surface area contributed by atoms with Gasteiger partial charge < -0.3 is 4.90 Å². The van der Waals surface area contributed by atoms with E-state index >= 15 is 0 Å². The van der Waals surface area contributed by atoms with Crippen molar-refractivity contribution in [1.29, 1.82) is 0 Å². The smallest absolute Gasteiger partial charge is 0.0964 e. The van der Waals surface area contributed by atoms with Crippen molar-refractivity contribution in [3.8, 4) is 0 Å². The van der Waals surface area contributed by atoms with Crippen molar-refractivity contribution in [3.63, 3.8) is 0 Å². The highest BCUT2D eigenvalue weighted by Gasteiger charge is 2.13. The van der Waals surface area contributed by atoms with Crippen LogP contribution in [0.3, 0.4) is 0 Å². The molecule has 15 heavy (non-hydrogen) atoms. The van der Waals surface area contributed by atoms with Crippen LogP contribution in [0.5, 0.6) is 0 Å². The first-order valence-corrected chi connectivity index (χ1v) is 5.35. The molecule has 0 saturated carbocycles. The van der Waals surface area contributed by atoms with Gasteiger partial charge >= 0.3 is 0 Å². The second-order valence-electron chi connectivity index (χ2n) is 3.94. The van der Waals surface area contributed by atoms with Crippen molar-refractivity contribution in [3.05, 3.63) is 30.1 Å². The van der Waals surface area contributed by atoms with Crippen molar-refractivity contribution in [2.24, 2.45) is 5.10 Å². The van der Waals surface area contributed by atoms with Gasteiger partial charge in [0.25, 0.3) is 0 Å². The highest BCUT2D eigenvalue weighted by atomic mass is 15.5. The number of quaternary nitrogens is 1. The summed E-state index contributed by atoms with van der Waals surface area (Å²) in [6.45, 7) is 4.45. The number of piperazine rings is 1. The summed E-state index contributed by atoms with van der Waals surface area (Å²) in [6, 6.07) is 3.93. The van der Waals surface area contributed by atoms with Gasteiger partial charge in [-0.2, -0.15) is 5.10 Å². The minimum absolute atomic E-state index is 1.05. The van der Waals surface area contributed by atoms with Gasteiger partial charge in [0.15, 0.2) is 0 Å². The van der Waals surface area contributed by atoms with Crippen LogP contribution < -0.4 is 4.90 Å². The molecular weight excluding hydrogens is 188 g/mol. The lowest BCUT2D eigenvalue weighted by atomic mass is 10.3. The summed E-state index contributed by atoms with van der Waals surface area (Å²) < 4.78 is 0. The first kappa shape index (κ1) is 10.1. The van der Waals surface area contributed by atoms with E-state index in [1.807, 2.05) is 18.3 Å². The van der Waals surface area contributed by atoms with Crippen LogP contribution in [0.15, 0.2) is 29.6 Å². The fraction of sp³-hybridized carbons (Fsp3) is 0.455. The zero-order valence-corrected chi connectivity index (χ0v) is 9.06. The van der Waals surface area contributed by atoms with E-state index in [9.17, 15) is 0 Å². The van der Waals surface area contributed by atoms with Crippen LogP contribution in [0.4, 0.5) is 0 Å². The maximum absolute atomic E-state index is 4.46. The molecule has 1 N–H and O–H groups in total. The lowest BCUT2D eigenvalue weighted by Gasteiger charge is -2.27. The van der Waals surface area contributed by atoms with Gasteiger partial charge in [-0.25, -0.2) is 0 Å². The molecule has 0 bridgehead atoms. The molecule has 4 heteroatoms. The number of likely N-dealkylation sites (N-methyl/N-ethyl adjacent to an activating group) is 1. The van der Waals surface area contributed by atoms with Crippen molar-refractivity contribution < 1.29 is 4.90 Å². The van der Waals surface area contributed by atoms with Gasteiger partial charge in [-0.3, -0.25) is 9.99 Å². The maximum Gasteiger partial charge on any atom is 0.0964 e. The highest BCUT2D eigenvalue weighted by Crippen LogP contribution is 1.94. The van der Waals surface area contributed by atoms with Crippen molar-refractivity contribution in [2.75, 3.05) is 33.2 Å². The number of rotatable bonds is 2. The van der Waals surface area contributed by atoms with Gasteiger partial charge in [-0.15, -0.1) is 0 Å². The van der Waals surface area contributed by atoms with Gasteiger partial charge in [0.05, 0.1) is 39.4 Å². The predicted molar refractivity (Wildman–Crippen MR) is 60.0 cm³/mol. The minimum Gasteiger partial charge on any atom is -0.334 e. The fourth-order valence-electron chi connectivity index (χ4n) is 1.59. The van der Waals surface area contributed by atoms with Crippen LogP contribution in [0.2, 0.25) is 0 Å². The zero-order valence-electron chi connectivity index (χ0n) is 9.06. The molecule has 1 aromatic heterocycles. The Morgan fingerprint density at radius 2 is 2.00 bits per heavy atom. The Balaban J connectivity index is 1.89. The standard InChI is InChI=1S/C11H16N4/c1-14-6-8-15(9-7-14)13-10-11-2-4-12-5-3-11/h2-5,10H,6-9H2,1H3/p+1/b13-10+. The lowest BCUT2D eigenvalue weighted by molar-refractivity contribution is -0.884. The molecule has 0 aliphatic carbocycles. The van der Waals surface area contributed by atoms with Gasteiger partial charge in [-0.1, -0.05) is 0 Å². The molecule has 0 unspecified atom stereocenters. The first-order chi connectivity index (χ1) is 7.34. The molecule has 0 radical (unpaired) electrons. The summed E-state index contributed by atoms with van der Waals surface area (Å²) in [6.07, 6.45) is 5.48. The highest BCUT2D eigenvalue weighted by molar-refractivity contribution is 5.78. The molecule has 1 aliphatic rings. The zero-order chi connectivity index (χ0) is 10.5. The van der Waals surface area contributed by atoms with E-state index in [-0.39, 0.29) is 0 Å². The Labute approximate surface area is 90.2 Å². The molecule has 1 aromatic rings. The van der Waals surface area contributed by atoms with E-state index in [0.717, 1.165) is 18.7 Å². The van der Waals surface area contributed by atoms with E-state index < -0.39 is 0 Å². The van der Waals surface area contributed by atoms with Gasteiger partial charge in [0.2, 0.25) is 0 Å². The number of hydrogen-bond acceptors (Lipinski definition) is 3. The van der Waals surface area contributed by atoms with Crippen molar-refractivity contribution in [1.82, 2.24) is 9.99 Å². The SMILES string of the molecule is C[NH+]1CCN(/N=C/c2ccncc2)CC1. The van der Waals surface area contributed by atoms with Crippen LogP contribution in [-0.2, 0) is 0 Å². The van der Waals surface area contributed by atoms with Crippen LogP contribution >= 0.6 is 0 Å². The minimum atomic E-state index is 1.05. The maximum atomic E-state index is 4.46. The van der Waals surface area contributed by atoms with Crippen LogP contribution in [0.25, 0.3) is 0 Å². The Morgan fingerprint density at radius 1 is 1.33 bits per heavy atom. The summed E-state index contributed by atoms with van der Waals surface area (Å²) in [7, 11) is 2.23. The summed E-state index contributed by atoms with van der Waals surface area (Å²) in [5, 5.41) is 6.59. The molecule has 0 amide bonds. The van der Waals surface area contributed by atoms with Gasteiger partial charge in [0.1, 0.15) is 0 Å². The normalized spacial score (nSPS) is 18.6. The molecule has 0 spiro atoms. The quantitative estimate of drug-likeness (QED) is 0.644. The van der Waals surface area contributed by atoms with E-state index in [2.05, 4.69) is 22.1 Å². The predicted octanol–water partition coefficient (Wildman–Crippen LogP) is -0.754. The fourth-order valence-corrected chi connectivity index (χ4v) is 1.59. The monoisotopic (exact) mass is 205 g/mol. The number of aromatic nitrogens is 1. The average Bonchev–Trinajstić information content (AvgIpc) is 2.30. The van der Waals surface area contributed by atoms with Crippen LogP contribution in [-0.4, -0.2) is 49.4 Å². The third kappa shape index (κ3) is 3.02. The average molecular weight is 205 g/mol. The molecular formula is C11H17N4+. The second-order valence-corrected chi connectivity index (χ2v) is 3.94. The molecule has 80 valence electrons. The number of pyridine rings is 1. The molecule has 4 nitrogen and oxygen atoms in total. The van der Waals surface area contributed by atoms with Crippen molar-refractivity contribution in [2.45, 2.75) is 0 Å². The van der Waals surface area contributed by atoms with E-state index in [4.69, 9.17) is 0 Å². The Hall–Kier alpha value is -1.42. The van der Waals surface area contributed by atoms with Gasteiger partial charge in [0, 0.05) is 12.4 Å². The Bertz CT molecular complexity index is 315. The molecule has 0 atom stereocenters. The molecule has 0 aromatic carbocycles. The summed E-state index contributed by atoms with van der Waals surface area (Å²) in [5.41, 5.74) is 1.11. The molecule has 1 aliphatic heterocycles. The second kappa shape index (κ2) is 4.89. The summed E-state index contributed by atoms with van der Waals surface area (Å²) >= 11 is 0. The van der Waals surface area contributed by atoms with E-state index in [1.54, 1.807) is 17.3 Å². The topological polar surface area (TPSA) is 32.9 Å². The van der Waals surface area contributed by atoms with Crippen LogP contribution in [0, 0.1) is 0 Å². The summed E-state index contributed by atoms with van der Waals surface area (Å²) in [4.78, 5) is 5.56. The molecule has 2 heterocycles. The molecule has 2 rings (SSSR count). The Morgan fingerprint density at radius 3 is 2.67 bits per heavy atom. The first-order valence-electron chi connectivity index (χ1n) is 5.35. The van der Waals surface area contributed by atoms with Crippen LogP contribution in [0.1, 0.15) is 5.56 Å².